The number of anilines is 1. The fourth-order valence-electron chi connectivity index (χ4n) is 2.90. The van der Waals surface area contributed by atoms with Gasteiger partial charge in [0.15, 0.2) is 5.71 Å². The topological polar surface area (TPSA) is 156 Å². The number of sulfonamides is 1. The minimum atomic E-state index is -4.18. The van der Waals surface area contributed by atoms with Crippen LogP contribution in [0.2, 0.25) is 0 Å². The van der Waals surface area contributed by atoms with Gasteiger partial charge in [-0.25, -0.2) is 27.9 Å². The first kappa shape index (κ1) is 24.1. The number of aromatic nitrogens is 2. The molecule has 34 heavy (non-hydrogen) atoms. The molecular weight excluding hydrogens is 460 g/mol. The first-order valence-electron chi connectivity index (χ1n) is 9.76. The SMILES string of the molecule is COc1ccc(-n2cnc(C(C#N)=NC(C)=O)c2NC(=O)NS(=O)(=O)c2ccc(C)cc2)cc1. The number of methoxy groups -OCH3 is 1. The second-order valence-electron chi connectivity index (χ2n) is 6.97. The number of amides is 3. The van der Waals surface area contributed by atoms with Gasteiger partial charge in [0.25, 0.3) is 10.0 Å². The van der Waals surface area contributed by atoms with E-state index in [2.05, 4.69) is 15.3 Å². The van der Waals surface area contributed by atoms with E-state index in [9.17, 15) is 23.3 Å². The van der Waals surface area contributed by atoms with Gasteiger partial charge < -0.3 is 4.74 Å². The standard InChI is InChI=1S/C22H20N6O5S/c1-14-4-10-18(11-5-14)34(31,32)27-22(30)26-21-20(19(12-23)25-15(2)29)24-13-28(21)16-6-8-17(33-3)9-7-16/h4-11,13H,1-3H3,(H2,26,27,30). The lowest BCUT2D eigenvalue weighted by Crippen LogP contribution is -2.35. The van der Waals surface area contributed by atoms with Crippen molar-refractivity contribution in [3.63, 3.8) is 0 Å². The van der Waals surface area contributed by atoms with Crippen LogP contribution in [0.4, 0.5) is 10.6 Å². The Hall–Kier alpha value is -4.50. The Morgan fingerprint density at radius 1 is 1.12 bits per heavy atom. The number of urea groups is 1. The van der Waals surface area contributed by atoms with E-state index in [1.807, 2.05) is 4.72 Å². The number of aryl methyl sites for hydroxylation is 1. The molecule has 0 spiro atoms. The van der Waals surface area contributed by atoms with Crippen molar-refractivity contribution in [2.45, 2.75) is 18.7 Å². The van der Waals surface area contributed by atoms with Crippen LogP contribution in [-0.4, -0.2) is 42.7 Å². The Bertz CT molecular complexity index is 1400. The van der Waals surface area contributed by atoms with Crippen LogP contribution in [0.25, 0.3) is 5.69 Å². The third-order valence-corrected chi connectivity index (χ3v) is 5.85. The Kier molecular flexibility index (Phi) is 7.08. The number of carbonyl (C=O) groups is 2. The summed E-state index contributed by atoms with van der Waals surface area (Å²) in [6.45, 7) is 2.96. The molecule has 0 aliphatic rings. The number of rotatable bonds is 6. The van der Waals surface area contributed by atoms with Gasteiger partial charge in [-0.2, -0.15) is 5.26 Å². The molecule has 1 aromatic heterocycles. The Labute approximate surface area is 195 Å². The average Bonchev–Trinajstić information content (AvgIpc) is 3.20. The number of aliphatic imine (C=N–C) groups is 1. The number of imidazole rings is 1. The van der Waals surface area contributed by atoms with Gasteiger partial charge in [0.2, 0.25) is 5.91 Å². The van der Waals surface area contributed by atoms with Crippen LogP contribution in [0, 0.1) is 18.3 Å². The Balaban J connectivity index is 2.00. The summed E-state index contributed by atoms with van der Waals surface area (Å²) in [6.07, 6.45) is 1.30. The second kappa shape index (κ2) is 9.97. The zero-order valence-corrected chi connectivity index (χ0v) is 19.3. The zero-order valence-electron chi connectivity index (χ0n) is 18.4. The molecule has 174 valence electrons. The molecule has 12 heteroatoms. The van der Waals surface area contributed by atoms with Crippen LogP contribution in [0.3, 0.4) is 0 Å². The van der Waals surface area contributed by atoms with Crippen LogP contribution in [-0.2, 0) is 14.8 Å². The van der Waals surface area contributed by atoms with Crippen molar-refractivity contribution in [1.29, 1.82) is 5.26 Å². The number of benzene rings is 2. The highest BCUT2D eigenvalue weighted by atomic mass is 32.2. The number of nitriles is 1. The molecule has 3 amide bonds. The fourth-order valence-corrected chi connectivity index (χ4v) is 3.81. The van der Waals surface area contributed by atoms with Gasteiger partial charge in [0.1, 0.15) is 29.7 Å². The summed E-state index contributed by atoms with van der Waals surface area (Å²) in [4.78, 5) is 31.8. The van der Waals surface area contributed by atoms with E-state index in [1.54, 1.807) is 49.4 Å². The molecule has 3 rings (SSSR count). The van der Waals surface area contributed by atoms with Crippen LogP contribution in [0.15, 0.2) is 64.7 Å². The van der Waals surface area contributed by atoms with E-state index < -0.39 is 22.0 Å². The number of hydrogen-bond donors (Lipinski definition) is 2. The maximum Gasteiger partial charge on any atom is 0.334 e. The van der Waals surface area contributed by atoms with E-state index in [0.717, 1.165) is 12.5 Å². The molecule has 0 saturated carbocycles. The molecule has 0 fully saturated rings. The molecule has 0 unspecified atom stereocenters. The summed E-state index contributed by atoms with van der Waals surface area (Å²) in [6, 6.07) is 13.2. The van der Waals surface area contributed by atoms with E-state index in [-0.39, 0.29) is 22.1 Å². The van der Waals surface area contributed by atoms with E-state index >= 15 is 0 Å². The van der Waals surface area contributed by atoms with Crippen molar-refractivity contribution >= 4 is 33.5 Å². The molecule has 2 aromatic carbocycles. The first-order chi connectivity index (χ1) is 16.1. The molecular formula is C22H20N6O5S. The molecule has 11 nitrogen and oxygen atoms in total. The molecule has 0 aliphatic heterocycles. The maximum atomic E-state index is 12.7. The summed E-state index contributed by atoms with van der Waals surface area (Å²) < 4.78 is 33.7. The number of nitrogens with one attached hydrogen (secondary N) is 2. The van der Waals surface area contributed by atoms with Crippen molar-refractivity contribution in [1.82, 2.24) is 14.3 Å². The molecule has 0 bridgehead atoms. The monoisotopic (exact) mass is 480 g/mol. The molecule has 3 aromatic rings. The van der Waals surface area contributed by atoms with E-state index in [0.29, 0.717) is 11.4 Å². The molecule has 0 aliphatic carbocycles. The van der Waals surface area contributed by atoms with Gasteiger partial charge in [-0.15, -0.1) is 0 Å². The van der Waals surface area contributed by atoms with Crippen molar-refractivity contribution in [3.8, 4) is 17.5 Å². The van der Waals surface area contributed by atoms with Crippen molar-refractivity contribution < 1.29 is 22.7 Å². The number of nitrogens with zero attached hydrogens (tertiary/aromatic N) is 4. The van der Waals surface area contributed by atoms with Crippen LogP contribution < -0.4 is 14.8 Å². The lowest BCUT2D eigenvalue weighted by Gasteiger charge is -2.13. The van der Waals surface area contributed by atoms with Crippen molar-refractivity contribution in [2.75, 3.05) is 12.4 Å². The van der Waals surface area contributed by atoms with E-state index in [1.165, 1.54) is 30.1 Å². The van der Waals surface area contributed by atoms with Gasteiger partial charge in [-0.3, -0.25) is 14.7 Å². The second-order valence-corrected chi connectivity index (χ2v) is 8.66. The van der Waals surface area contributed by atoms with Gasteiger partial charge >= 0.3 is 6.03 Å². The van der Waals surface area contributed by atoms with Crippen LogP contribution in [0.5, 0.6) is 5.75 Å². The predicted octanol–water partition coefficient (Wildman–Crippen LogP) is 2.56. The highest BCUT2D eigenvalue weighted by molar-refractivity contribution is 7.90. The van der Waals surface area contributed by atoms with E-state index in [4.69, 9.17) is 4.74 Å². The minimum Gasteiger partial charge on any atom is -0.497 e. The highest BCUT2D eigenvalue weighted by Gasteiger charge is 2.23. The Morgan fingerprint density at radius 2 is 1.76 bits per heavy atom. The lowest BCUT2D eigenvalue weighted by atomic mass is 10.2. The quantitative estimate of drug-likeness (QED) is 0.514. The highest BCUT2D eigenvalue weighted by Crippen LogP contribution is 2.23. The number of carbonyl (C=O) groups excluding carboxylic acids is 2. The third-order valence-electron chi connectivity index (χ3n) is 4.51. The minimum absolute atomic E-state index is 0.0664. The first-order valence-corrected chi connectivity index (χ1v) is 11.2. The zero-order chi connectivity index (χ0) is 24.9. The summed E-state index contributed by atoms with van der Waals surface area (Å²) >= 11 is 0. The smallest absolute Gasteiger partial charge is 0.334 e. The fraction of sp³-hybridized carbons (Fsp3) is 0.136. The Morgan fingerprint density at radius 3 is 2.32 bits per heavy atom. The molecule has 2 N–H and O–H groups in total. The average molecular weight is 481 g/mol. The van der Waals surface area contributed by atoms with Gasteiger partial charge in [0, 0.05) is 12.6 Å². The molecule has 0 atom stereocenters. The van der Waals surface area contributed by atoms with Crippen LogP contribution >= 0.6 is 0 Å². The largest absolute Gasteiger partial charge is 0.497 e. The maximum absolute atomic E-state index is 12.7. The van der Waals surface area contributed by atoms with Gasteiger partial charge in [0.05, 0.1) is 12.0 Å². The summed E-state index contributed by atoms with van der Waals surface area (Å²) in [5.74, 6) is -0.132. The normalized spacial score (nSPS) is 11.4. The van der Waals surface area contributed by atoms with Crippen LogP contribution in [0.1, 0.15) is 18.2 Å². The van der Waals surface area contributed by atoms with Crippen molar-refractivity contribution in [2.24, 2.45) is 4.99 Å². The molecule has 1 heterocycles. The van der Waals surface area contributed by atoms with Gasteiger partial charge in [-0.05, 0) is 43.3 Å². The summed E-state index contributed by atoms with van der Waals surface area (Å²) in [5.41, 5.74) is 0.898. The van der Waals surface area contributed by atoms with Crippen molar-refractivity contribution in [3.05, 3.63) is 66.1 Å². The molecule has 0 radical (unpaired) electrons. The summed E-state index contributed by atoms with van der Waals surface area (Å²) in [7, 11) is -2.67. The number of hydrogen-bond acceptors (Lipinski definition) is 7. The summed E-state index contributed by atoms with van der Waals surface area (Å²) in [5, 5.41) is 11.9. The third kappa shape index (κ3) is 5.45. The molecule has 0 saturated heterocycles. The number of ether oxygens (including phenoxy) is 1. The van der Waals surface area contributed by atoms with Gasteiger partial charge in [-0.1, -0.05) is 17.7 Å². The predicted molar refractivity (Wildman–Crippen MR) is 123 cm³/mol. The lowest BCUT2D eigenvalue weighted by molar-refractivity contribution is -0.115.